The molecule has 0 atom stereocenters. The Labute approximate surface area is 115 Å². The highest BCUT2D eigenvalue weighted by molar-refractivity contribution is 5.69. The number of methoxy groups -OCH3 is 1. The zero-order valence-electron chi connectivity index (χ0n) is 12.8. The van der Waals surface area contributed by atoms with Crippen LogP contribution in [0.5, 0.6) is 5.75 Å². The van der Waals surface area contributed by atoms with Gasteiger partial charge < -0.3 is 9.47 Å². The summed E-state index contributed by atoms with van der Waals surface area (Å²) >= 11 is 0. The normalized spacial score (nSPS) is 10.7. The molecule has 3 heteroatoms. The molecule has 1 rings (SSSR count). The average Bonchev–Trinajstić information content (AvgIpc) is 2.34. The Hall–Kier alpha value is -1.51. The van der Waals surface area contributed by atoms with E-state index in [4.69, 9.17) is 9.47 Å². The first-order chi connectivity index (χ1) is 8.86. The van der Waals surface area contributed by atoms with Crippen molar-refractivity contribution in [3.63, 3.8) is 0 Å². The van der Waals surface area contributed by atoms with E-state index in [0.29, 0.717) is 12.8 Å². The van der Waals surface area contributed by atoms with E-state index < -0.39 is 0 Å². The van der Waals surface area contributed by atoms with Crippen LogP contribution in [0.1, 0.15) is 42.5 Å². The highest BCUT2D eigenvalue weighted by atomic mass is 16.5. The van der Waals surface area contributed by atoms with Crippen molar-refractivity contribution in [2.24, 2.45) is 0 Å². The molecule has 0 aliphatic heterocycles. The molecule has 3 nitrogen and oxygen atoms in total. The Morgan fingerprint density at radius 1 is 1.21 bits per heavy atom. The standard InChI is InChI=1S/C16H24O3/c1-10(2)19-15-9-11(3)14(12(4)13(15)5)7-8-16(17)18-6/h9-10H,7-8H2,1-6H3. The Morgan fingerprint density at radius 3 is 2.37 bits per heavy atom. The van der Waals surface area contributed by atoms with Gasteiger partial charge in [-0.15, -0.1) is 0 Å². The Morgan fingerprint density at radius 2 is 1.84 bits per heavy atom. The highest BCUT2D eigenvalue weighted by Crippen LogP contribution is 2.29. The van der Waals surface area contributed by atoms with Gasteiger partial charge in [-0.1, -0.05) is 0 Å². The van der Waals surface area contributed by atoms with Crippen LogP contribution in [0.15, 0.2) is 6.07 Å². The lowest BCUT2D eigenvalue weighted by molar-refractivity contribution is -0.140. The molecule has 0 N–H and O–H groups in total. The van der Waals surface area contributed by atoms with E-state index in [0.717, 1.165) is 11.3 Å². The van der Waals surface area contributed by atoms with Crippen LogP contribution in [0.3, 0.4) is 0 Å². The second kappa shape index (κ2) is 6.60. The summed E-state index contributed by atoms with van der Waals surface area (Å²) in [5.74, 6) is 0.769. The quantitative estimate of drug-likeness (QED) is 0.763. The molecule has 0 saturated heterocycles. The molecule has 0 aliphatic carbocycles. The summed E-state index contributed by atoms with van der Waals surface area (Å²) < 4.78 is 10.5. The molecule has 0 saturated carbocycles. The number of carbonyl (C=O) groups is 1. The van der Waals surface area contributed by atoms with Crippen LogP contribution in [0.25, 0.3) is 0 Å². The maximum absolute atomic E-state index is 11.3. The zero-order valence-corrected chi connectivity index (χ0v) is 12.8. The molecule has 0 unspecified atom stereocenters. The predicted octanol–water partition coefficient (Wildman–Crippen LogP) is 3.50. The second-order valence-corrected chi connectivity index (χ2v) is 5.16. The number of benzene rings is 1. The van der Waals surface area contributed by atoms with Crippen LogP contribution in [0.2, 0.25) is 0 Å². The van der Waals surface area contributed by atoms with Crippen molar-refractivity contribution < 1.29 is 14.3 Å². The van der Waals surface area contributed by atoms with Crippen LogP contribution < -0.4 is 4.74 Å². The molecule has 1 aromatic carbocycles. The number of esters is 1. The lowest BCUT2D eigenvalue weighted by Gasteiger charge is -2.18. The highest BCUT2D eigenvalue weighted by Gasteiger charge is 2.13. The number of rotatable bonds is 5. The molecule has 0 heterocycles. The van der Waals surface area contributed by atoms with Crippen molar-refractivity contribution >= 4 is 5.97 Å². The summed E-state index contributed by atoms with van der Waals surface area (Å²) in [6.07, 6.45) is 1.30. The lowest BCUT2D eigenvalue weighted by Crippen LogP contribution is -2.10. The van der Waals surface area contributed by atoms with Crippen molar-refractivity contribution in [3.05, 3.63) is 28.3 Å². The molecule has 0 aliphatic rings. The topological polar surface area (TPSA) is 35.5 Å². The molecule has 0 amide bonds. The molecule has 0 aromatic heterocycles. The molecule has 106 valence electrons. The predicted molar refractivity (Wildman–Crippen MR) is 76.8 cm³/mol. The van der Waals surface area contributed by atoms with Crippen molar-refractivity contribution in [2.45, 2.75) is 53.6 Å². The first-order valence-corrected chi connectivity index (χ1v) is 6.70. The van der Waals surface area contributed by atoms with E-state index in [1.807, 2.05) is 13.8 Å². The minimum atomic E-state index is -0.168. The fourth-order valence-corrected chi connectivity index (χ4v) is 2.19. The minimum Gasteiger partial charge on any atom is -0.491 e. The molecule has 0 fully saturated rings. The van der Waals surface area contributed by atoms with E-state index in [9.17, 15) is 4.79 Å². The first-order valence-electron chi connectivity index (χ1n) is 6.70. The fraction of sp³-hybridized carbons (Fsp3) is 0.562. The van der Waals surface area contributed by atoms with Gasteiger partial charge in [0.1, 0.15) is 5.75 Å². The van der Waals surface area contributed by atoms with Gasteiger partial charge in [0.2, 0.25) is 0 Å². The van der Waals surface area contributed by atoms with Crippen molar-refractivity contribution in [1.82, 2.24) is 0 Å². The number of ether oxygens (including phenoxy) is 2. The Balaban J connectivity index is 3.01. The van der Waals surface area contributed by atoms with Gasteiger partial charge in [-0.3, -0.25) is 4.79 Å². The zero-order chi connectivity index (χ0) is 14.6. The SMILES string of the molecule is COC(=O)CCc1c(C)cc(OC(C)C)c(C)c1C. The second-order valence-electron chi connectivity index (χ2n) is 5.16. The van der Waals surface area contributed by atoms with Crippen LogP contribution >= 0.6 is 0 Å². The van der Waals surface area contributed by atoms with Crippen molar-refractivity contribution in [1.29, 1.82) is 0 Å². The third-order valence-electron chi connectivity index (χ3n) is 3.38. The van der Waals surface area contributed by atoms with Crippen LogP contribution in [-0.2, 0) is 16.0 Å². The molecule has 19 heavy (non-hydrogen) atoms. The number of carbonyl (C=O) groups excluding carboxylic acids is 1. The van der Waals surface area contributed by atoms with Gasteiger partial charge in [-0.05, 0) is 69.4 Å². The summed E-state index contributed by atoms with van der Waals surface area (Å²) in [6, 6.07) is 2.06. The van der Waals surface area contributed by atoms with Gasteiger partial charge in [0.25, 0.3) is 0 Å². The van der Waals surface area contributed by atoms with Gasteiger partial charge in [0.15, 0.2) is 0 Å². The smallest absolute Gasteiger partial charge is 0.305 e. The van der Waals surface area contributed by atoms with Gasteiger partial charge in [-0.25, -0.2) is 0 Å². The Kier molecular flexibility index (Phi) is 5.40. The van der Waals surface area contributed by atoms with E-state index in [1.54, 1.807) is 0 Å². The fourth-order valence-electron chi connectivity index (χ4n) is 2.19. The molecule has 0 bridgehead atoms. The van der Waals surface area contributed by atoms with Crippen molar-refractivity contribution in [3.8, 4) is 5.75 Å². The molecular weight excluding hydrogens is 240 g/mol. The summed E-state index contributed by atoms with van der Waals surface area (Å²) in [5.41, 5.74) is 4.75. The molecular formula is C16H24O3. The largest absolute Gasteiger partial charge is 0.491 e. The average molecular weight is 264 g/mol. The Bertz CT molecular complexity index is 462. The van der Waals surface area contributed by atoms with Crippen LogP contribution in [0, 0.1) is 20.8 Å². The molecule has 0 spiro atoms. The van der Waals surface area contributed by atoms with Gasteiger partial charge in [0.05, 0.1) is 13.2 Å². The minimum absolute atomic E-state index is 0.165. The molecule has 1 aromatic rings. The maximum atomic E-state index is 11.3. The summed E-state index contributed by atoms with van der Waals surface area (Å²) in [4.78, 5) is 11.3. The van der Waals surface area contributed by atoms with Gasteiger partial charge in [0, 0.05) is 6.42 Å². The number of hydrogen-bond donors (Lipinski definition) is 0. The number of hydrogen-bond acceptors (Lipinski definition) is 3. The van der Waals surface area contributed by atoms with Gasteiger partial charge >= 0.3 is 5.97 Å². The third-order valence-corrected chi connectivity index (χ3v) is 3.38. The number of aryl methyl sites for hydroxylation is 1. The van der Waals surface area contributed by atoms with Gasteiger partial charge in [-0.2, -0.15) is 0 Å². The van der Waals surface area contributed by atoms with Crippen LogP contribution in [-0.4, -0.2) is 19.2 Å². The first kappa shape index (κ1) is 15.5. The third kappa shape index (κ3) is 3.98. The summed E-state index contributed by atoms with van der Waals surface area (Å²) in [7, 11) is 1.42. The summed E-state index contributed by atoms with van der Waals surface area (Å²) in [5, 5.41) is 0. The monoisotopic (exact) mass is 264 g/mol. The summed E-state index contributed by atoms with van der Waals surface area (Å²) in [6.45, 7) is 10.3. The van der Waals surface area contributed by atoms with Crippen molar-refractivity contribution in [2.75, 3.05) is 7.11 Å². The lowest BCUT2D eigenvalue weighted by atomic mass is 9.94. The van der Waals surface area contributed by atoms with E-state index in [-0.39, 0.29) is 12.1 Å². The molecule has 0 radical (unpaired) electrons. The van der Waals surface area contributed by atoms with E-state index in [2.05, 4.69) is 26.8 Å². The van der Waals surface area contributed by atoms with E-state index in [1.165, 1.54) is 23.8 Å². The van der Waals surface area contributed by atoms with E-state index >= 15 is 0 Å². The maximum Gasteiger partial charge on any atom is 0.305 e. The van der Waals surface area contributed by atoms with Crippen LogP contribution in [0.4, 0.5) is 0 Å².